The van der Waals surface area contributed by atoms with Crippen LogP contribution in [0.4, 0.5) is 11.5 Å². The van der Waals surface area contributed by atoms with Crippen molar-refractivity contribution in [2.24, 2.45) is 0 Å². The number of methoxy groups -OCH3 is 1. The van der Waals surface area contributed by atoms with Crippen LogP contribution in [-0.4, -0.2) is 30.9 Å². The minimum Gasteiger partial charge on any atom is -0.454 e. The first-order valence-corrected chi connectivity index (χ1v) is 9.72. The Morgan fingerprint density at radius 2 is 1.67 bits per heavy atom. The highest BCUT2D eigenvalue weighted by molar-refractivity contribution is 5.91. The first kappa shape index (κ1) is 18.4. The van der Waals surface area contributed by atoms with Gasteiger partial charge in [0.1, 0.15) is 11.9 Å². The molecule has 150 valence electrons. The molecule has 6 nitrogen and oxygen atoms in total. The molecular weight excluding hydrogens is 378 g/mol. The van der Waals surface area contributed by atoms with Crippen LogP contribution in [0.2, 0.25) is 0 Å². The summed E-state index contributed by atoms with van der Waals surface area (Å²) >= 11 is 0. The fraction of sp³-hybridized carbons (Fsp3) is 0.167. The lowest BCUT2D eigenvalue weighted by Gasteiger charge is -2.23. The van der Waals surface area contributed by atoms with Crippen LogP contribution in [0.3, 0.4) is 0 Å². The van der Waals surface area contributed by atoms with Gasteiger partial charge in [0.05, 0.1) is 5.52 Å². The van der Waals surface area contributed by atoms with E-state index in [0.717, 1.165) is 39.5 Å². The Kier molecular flexibility index (Phi) is 4.69. The number of fused-ring (bicyclic) bond motifs is 2. The van der Waals surface area contributed by atoms with Crippen molar-refractivity contribution < 1.29 is 14.2 Å². The molecule has 1 aliphatic rings. The lowest BCUT2D eigenvalue weighted by molar-refractivity contribution is 0.129. The Morgan fingerprint density at radius 3 is 2.50 bits per heavy atom. The molecule has 0 fully saturated rings. The molecule has 6 heteroatoms. The maximum Gasteiger partial charge on any atom is 0.231 e. The lowest BCUT2D eigenvalue weighted by Crippen LogP contribution is -2.16. The summed E-state index contributed by atoms with van der Waals surface area (Å²) in [5, 5.41) is 0.962. The van der Waals surface area contributed by atoms with Crippen LogP contribution >= 0.6 is 0 Å². The van der Waals surface area contributed by atoms with Gasteiger partial charge in [0, 0.05) is 31.3 Å². The van der Waals surface area contributed by atoms with Gasteiger partial charge < -0.3 is 19.1 Å². The van der Waals surface area contributed by atoms with E-state index in [1.165, 1.54) is 0 Å². The van der Waals surface area contributed by atoms with Crippen molar-refractivity contribution >= 4 is 22.4 Å². The Morgan fingerprint density at radius 1 is 0.900 bits per heavy atom. The Balaban J connectivity index is 1.64. The molecule has 0 saturated carbocycles. The highest BCUT2D eigenvalue weighted by Crippen LogP contribution is 2.38. The van der Waals surface area contributed by atoms with Gasteiger partial charge in [-0.3, -0.25) is 0 Å². The summed E-state index contributed by atoms with van der Waals surface area (Å²) in [5.41, 5.74) is 2.82. The first-order chi connectivity index (χ1) is 14.7. The number of hydrogen-bond acceptors (Lipinski definition) is 6. The van der Waals surface area contributed by atoms with Crippen LogP contribution in [0.15, 0.2) is 72.8 Å². The molecule has 1 unspecified atom stereocenters. The Bertz CT molecular complexity index is 1200. The predicted octanol–water partition coefficient (Wildman–Crippen LogP) is 4.86. The topological polar surface area (TPSA) is 56.7 Å². The second-order valence-electron chi connectivity index (χ2n) is 7.05. The molecule has 30 heavy (non-hydrogen) atoms. The summed E-state index contributed by atoms with van der Waals surface area (Å²) < 4.78 is 16.8. The highest BCUT2D eigenvalue weighted by atomic mass is 16.7. The molecular formula is C24H21N3O3. The maximum absolute atomic E-state index is 5.79. The normalized spacial score (nSPS) is 13.4. The Labute approximate surface area is 174 Å². The van der Waals surface area contributed by atoms with E-state index < -0.39 is 0 Å². The fourth-order valence-electron chi connectivity index (χ4n) is 3.68. The van der Waals surface area contributed by atoms with E-state index in [1.807, 2.05) is 84.7 Å². The lowest BCUT2D eigenvalue weighted by atomic mass is 10.1. The average Bonchev–Trinajstić information content (AvgIpc) is 3.27. The molecule has 5 rings (SSSR count). The molecule has 0 radical (unpaired) electrons. The van der Waals surface area contributed by atoms with E-state index in [4.69, 9.17) is 24.2 Å². The average molecular weight is 399 g/mol. The molecule has 2 heterocycles. The number of anilines is 2. The quantitative estimate of drug-likeness (QED) is 0.478. The molecule has 1 atom stereocenters. The van der Waals surface area contributed by atoms with Crippen LogP contribution in [0.5, 0.6) is 11.5 Å². The van der Waals surface area contributed by atoms with E-state index in [-0.39, 0.29) is 12.9 Å². The molecule has 0 N–H and O–H groups in total. The van der Waals surface area contributed by atoms with Crippen molar-refractivity contribution in [2.75, 3.05) is 25.9 Å². The third kappa shape index (κ3) is 3.21. The van der Waals surface area contributed by atoms with Crippen LogP contribution in [0, 0.1) is 0 Å². The van der Waals surface area contributed by atoms with Gasteiger partial charge in [-0.2, -0.15) is 0 Å². The van der Waals surface area contributed by atoms with Gasteiger partial charge in [-0.05, 0) is 29.8 Å². The summed E-state index contributed by atoms with van der Waals surface area (Å²) in [6, 6.07) is 23.9. The van der Waals surface area contributed by atoms with E-state index in [9.17, 15) is 0 Å². The minimum atomic E-state index is -0.361. The summed E-state index contributed by atoms with van der Waals surface area (Å²) in [6.07, 6.45) is -0.361. The van der Waals surface area contributed by atoms with E-state index in [0.29, 0.717) is 5.82 Å². The van der Waals surface area contributed by atoms with Crippen LogP contribution in [0.25, 0.3) is 10.9 Å². The maximum atomic E-state index is 5.79. The van der Waals surface area contributed by atoms with E-state index in [1.54, 1.807) is 7.11 Å². The van der Waals surface area contributed by atoms with Crippen molar-refractivity contribution in [3.63, 3.8) is 0 Å². The minimum absolute atomic E-state index is 0.246. The number of aromatic nitrogens is 2. The van der Waals surface area contributed by atoms with Crippen LogP contribution in [0.1, 0.15) is 17.5 Å². The second-order valence-corrected chi connectivity index (χ2v) is 7.05. The summed E-state index contributed by atoms with van der Waals surface area (Å²) in [6.45, 7) is 0.246. The number of para-hydroxylation sites is 1. The van der Waals surface area contributed by atoms with Crippen molar-refractivity contribution in [2.45, 2.75) is 6.10 Å². The molecule has 0 amide bonds. The zero-order valence-electron chi connectivity index (χ0n) is 16.8. The van der Waals surface area contributed by atoms with Gasteiger partial charge in [0.25, 0.3) is 0 Å². The molecule has 1 aromatic heterocycles. The zero-order chi connectivity index (χ0) is 20.5. The van der Waals surface area contributed by atoms with Gasteiger partial charge in [-0.1, -0.05) is 42.5 Å². The van der Waals surface area contributed by atoms with Crippen molar-refractivity contribution in [1.82, 2.24) is 9.97 Å². The van der Waals surface area contributed by atoms with Gasteiger partial charge in [-0.15, -0.1) is 0 Å². The third-order valence-electron chi connectivity index (χ3n) is 5.23. The SMILES string of the molecule is COC(c1ccccc1)c1nc(N(C)c2ccc3c(c2)OCO3)c2ccccc2n1. The van der Waals surface area contributed by atoms with E-state index in [2.05, 4.69) is 0 Å². The second kappa shape index (κ2) is 7.65. The standard InChI is InChI=1S/C24H21N3O3/c1-27(17-12-13-20-21(14-17)30-15-29-20)24-18-10-6-7-11-19(18)25-23(26-24)22(28-2)16-8-4-3-5-9-16/h3-14,22H,15H2,1-2H3. The molecule has 0 aliphatic carbocycles. The largest absolute Gasteiger partial charge is 0.454 e. The van der Waals surface area contributed by atoms with Crippen molar-refractivity contribution in [1.29, 1.82) is 0 Å². The van der Waals surface area contributed by atoms with Gasteiger partial charge in [0.2, 0.25) is 6.79 Å². The zero-order valence-corrected chi connectivity index (χ0v) is 16.8. The Hall–Kier alpha value is -3.64. The summed E-state index contributed by atoms with van der Waals surface area (Å²) in [5.74, 6) is 2.90. The molecule has 3 aromatic carbocycles. The van der Waals surface area contributed by atoms with Crippen LogP contribution in [-0.2, 0) is 4.74 Å². The summed E-state index contributed by atoms with van der Waals surface area (Å²) in [7, 11) is 3.66. The fourth-order valence-corrected chi connectivity index (χ4v) is 3.68. The molecule has 0 bridgehead atoms. The monoisotopic (exact) mass is 399 g/mol. The van der Waals surface area contributed by atoms with Gasteiger partial charge in [-0.25, -0.2) is 9.97 Å². The number of benzene rings is 3. The number of ether oxygens (including phenoxy) is 3. The molecule has 4 aromatic rings. The molecule has 0 saturated heterocycles. The summed E-state index contributed by atoms with van der Waals surface area (Å²) in [4.78, 5) is 11.8. The van der Waals surface area contributed by atoms with Crippen molar-refractivity contribution in [3.05, 3.63) is 84.2 Å². The first-order valence-electron chi connectivity index (χ1n) is 9.72. The van der Waals surface area contributed by atoms with Crippen molar-refractivity contribution in [3.8, 4) is 11.5 Å². The number of hydrogen-bond donors (Lipinski definition) is 0. The third-order valence-corrected chi connectivity index (χ3v) is 5.23. The van der Waals surface area contributed by atoms with Crippen LogP contribution < -0.4 is 14.4 Å². The smallest absolute Gasteiger partial charge is 0.231 e. The predicted molar refractivity (Wildman–Crippen MR) is 115 cm³/mol. The van der Waals surface area contributed by atoms with E-state index >= 15 is 0 Å². The highest BCUT2D eigenvalue weighted by Gasteiger charge is 2.22. The van der Waals surface area contributed by atoms with Gasteiger partial charge in [0.15, 0.2) is 17.3 Å². The number of rotatable bonds is 5. The number of nitrogens with zero attached hydrogens (tertiary/aromatic N) is 3. The van der Waals surface area contributed by atoms with Gasteiger partial charge >= 0.3 is 0 Å². The molecule has 1 aliphatic heterocycles. The molecule has 0 spiro atoms.